The quantitative estimate of drug-likeness (QED) is 0.633. The molecule has 0 N–H and O–H groups in total. The van der Waals surface area contributed by atoms with Crippen LogP contribution >= 0.6 is 0 Å². The lowest BCUT2D eigenvalue weighted by molar-refractivity contribution is 0.0600. The first-order valence-electron chi connectivity index (χ1n) is 7.40. The third kappa shape index (κ3) is 2.94. The lowest BCUT2D eigenvalue weighted by Crippen LogP contribution is -2.36. The number of ether oxygens (including phenoxy) is 1. The number of rotatable bonds is 3. The van der Waals surface area contributed by atoms with Crippen LogP contribution in [0.3, 0.4) is 0 Å². The number of sulfonamides is 1. The first-order chi connectivity index (χ1) is 10.5. The Morgan fingerprint density at radius 3 is 2.05 bits per heavy atom. The van der Waals surface area contributed by atoms with Crippen LogP contribution in [-0.2, 0) is 14.8 Å². The third-order valence-electron chi connectivity index (χ3n) is 4.24. The van der Waals surface area contributed by atoms with Gasteiger partial charge in [-0.25, -0.2) is 13.2 Å². The highest BCUT2D eigenvalue weighted by Crippen LogP contribution is 2.36. The molecular formula is C16H19NO4S. The van der Waals surface area contributed by atoms with Crippen molar-refractivity contribution in [2.24, 2.45) is 0 Å². The van der Waals surface area contributed by atoms with Gasteiger partial charge in [0.1, 0.15) is 0 Å². The van der Waals surface area contributed by atoms with Crippen molar-refractivity contribution in [3.05, 3.63) is 41.0 Å². The van der Waals surface area contributed by atoms with Gasteiger partial charge in [-0.05, 0) is 49.9 Å². The Morgan fingerprint density at radius 2 is 1.55 bits per heavy atom. The van der Waals surface area contributed by atoms with Gasteiger partial charge >= 0.3 is 5.97 Å². The number of carbonyl (C=O) groups excluding carboxylic acids is 1. The average molecular weight is 321 g/mol. The number of allylic oxidation sites excluding steroid dienone is 1. The van der Waals surface area contributed by atoms with Gasteiger partial charge < -0.3 is 4.74 Å². The largest absolute Gasteiger partial charge is 0.465 e. The zero-order chi connectivity index (χ0) is 15.7. The fourth-order valence-electron chi connectivity index (χ4n) is 2.80. The molecule has 1 aliphatic carbocycles. The normalized spacial score (nSPS) is 19.1. The molecule has 0 unspecified atom stereocenters. The number of benzene rings is 1. The summed E-state index contributed by atoms with van der Waals surface area (Å²) < 4.78 is 31.4. The molecule has 1 aliphatic heterocycles. The van der Waals surface area contributed by atoms with Crippen molar-refractivity contribution in [1.82, 2.24) is 4.31 Å². The number of methoxy groups -OCH3 is 1. The maximum atomic E-state index is 12.6. The van der Waals surface area contributed by atoms with Crippen molar-refractivity contribution in [3.8, 4) is 0 Å². The second kappa shape index (κ2) is 5.85. The van der Waals surface area contributed by atoms with E-state index in [1.54, 1.807) is 0 Å². The Bertz CT molecular complexity index is 703. The molecule has 5 nitrogen and oxygen atoms in total. The summed E-state index contributed by atoms with van der Waals surface area (Å²) in [6.07, 6.45) is 4.07. The lowest BCUT2D eigenvalue weighted by Gasteiger charge is -2.27. The molecule has 1 saturated heterocycles. The van der Waals surface area contributed by atoms with Gasteiger partial charge in [0.05, 0.1) is 17.6 Å². The van der Waals surface area contributed by atoms with E-state index in [4.69, 9.17) is 0 Å². The third-order valence-corrected chi connectivity index (χ3v) is 6.15. The number of hydrogen-bond donors (Lipinski definition) is 0. The van der Waals surface area contributed by atoms with Crippen LogP contribution in [0.15, 0.2) is 40.3 Å². The molecule has 22 heavy (non-hydrogen) atoms. The summed E-state index contributed by atoms with van der Waals surface area (Å²) >= 11 is 0. The van der Waals surface area contributed by atoms with Gasteiger partial charge in [-0.15, -0.1) is 0 Å². The molecular weight excluding hydrogens is 302 g/mol. The standard InChI is InChI=1S/C16H19NO4S/c1-21-16(18)14-4-6-15(7-5-14)22(19,20)17-10-8-13(9-11-17)12-2-3-12/h4-7H,2-3,8-11H2,1H3. The Kier molecular flexibility index (Phi) is 4.06. The molecule has 0 atom stereocenters. The lowest BCUT2D eigenvalue weighted by atomic mass is 10.1. The first kappa shape index (κ1) is 15.2. The van der Waals surface area contributed by atoms with Crippen molar-refractivity contribution >= 4 is 16.0 Å². The summed E-state index contributed by atoms with van der Waals surface area (Å²) in [5.41, 5.74) is 3.33. The van der Waals surface area contributed by atoms with Crippen LogP contribution in [0.25, 0.3) is 0 Å². The van der Waals surface area contributed by atoms with Crippen LogP contribution in [0.4, 0.5) is 0 Å². The maximum Gasteiger partial charge on any atom is 0.337 e. The van der Waals surface area contributed by atoms with Crippen molar-refractivity contribution in [3.63, 3.8) is 0 Å². The Labute approximate surface area is 130 Å². The SMILES string of the molecule is COC(=O)c1ccc(S(=O)(=O)N2CCC(=C3CC3)CC2)cc1. The van der Waals surface area contributed by atoms with E-state index in [0.717, 1.165) is 12.8 Å². The van der Waals surface area contributed by atoms with Gasteiger partial charge in [-0.1, -0.05) is 11.1 Å². The topological polar surface area (TPSA) is 63.7 Å². The molecule has 1 aromatic rings. The van der Waals surface area contributed by atoms with Crippen LogP contribution in [-0.4, -0.2) is 38.9 Å². The smallest absolute Gasteiger partial charge is 0.337 e. The van der Waals surface area contributed by atoms with Gasteiger partial charge in [0.15, 0.2) is 0 Å². The Morgan fingerprint density at radius 1 is 1.00 bits per heavy atom. The average Bonchev–Trinajstić information content (AvgIpc) is 3.39. The number of hydrogen-bond acceptors (Lipinski definition) is 4. The predicted molar refractivity (Wildman–Crippen MR) is 82.0 cm³/mol. The Balaban J connectivity index is 1.75. The Hall–Kier alpha value is -1.66. The fourth-order valence-corrected chi connectivity index (χ4v) is 4.24. The highest BCUT2D eigenvalue weighted by Gasteiger charge is 2.29. The van der Waals surface area contributed by atoms with Crippen LogP contribution in [0.5, 0.6) is 0 Å². The molecule has 1 saturated carbocycles. The highest BCUT2D eigenvalue weighted by atomic mass is 32.2. The molecule has 0 radical (unpaired) electrons. The second-order valence-electron chi connectivity index (χ2n) is 5.63. The van der Waals surface area contributed by atoms with E-state index >= 15 is 0 Å². The summed E-state index contributed by atoms with van der Waals surface area (Å²) in [4.78, 5) is 11.6. The second-order valence-corrected chi connectivity index (χ2v) is 7.57. The maximum absolute atomic E-state index is 12.6. The van der Waals surface area contributed by atoms with E-state index < -0.39 is 16.0 Å². The van der Waals surface area contributed by atoms with E-state index in [-0.39, 0.29) is 4.90 Å². The van der Waals surface area contributed by atoms with E-state index in [1.807, 2.05) is 0 Å². The molecule has 6 heteroatoms. The summed E-state index contributed by atoms with van der Waals surface area (Å²) in [6, 6.07) is 5.91. The monoisotopic (exact) mass is 321 g/mol. The van der Waals surface area contributed by atoms with Crippen molar-refractivity contribution in [1.29, 1.82) is 0 Å². The minimum absolute atomic E-state index is 0.225. The molecule has 0 amide bonds. The van der Waals surface area contributed by atoms with E-state index in [0.29, 0.717) is 18.7 Å². The fraction of sp³-hybridized carbons (Fsp3) is 0.438. The summed E-state index contributed by atoms with van der Waals surface area (Å²) in [7, 11) is -2.18. The van der Waals surface area contributed by atoms with Gasteiger partial charge in [-0.2, -0.15) is 4.31 Å². The summed E-state index contributed by atoms with van der Waals surface area (Å²) in [5.74, 6) is -0.470. The molecule has 1 heterocycles. The van der Waals surface area contributed by atoms with Crippen LogP contribution in [0, 0.1) is 0 Å². The number of piperidine rings is 1. The molecule has 2 fully saturated rings. The molecule has 0 bridgehead atoms. The molecule has 1 aromatic carbocycles. The molecule has 3 rings (SSSR count). The van der Waals surface area contributed by atoms with Crippen molar-refractivity contribution in [2.75, 3.05) is 20.2 Å². The van der Waals surface area contributed by atoms with Crippen molar-refractivity contribution < 1.29 is 17.9 Å². The van der Waals surface area contributed by atoms with E-state index in [2.05, 4.69) is 4.74 Å². The predicted octanol–water partition coefficient (Wildman–Crippen LogP) is 2.35. The summed E-state index contributed by atoms with van der Waals surface area (Å²) in [6.45, 7) is 1.08. The molecule has 118 valence electrons. The van der Waals surface area contributed by atoms with Gasteiger partial charge in [-0.3, -0.25) is 0 Å². The number of esters is 1. The van der Waals surface area contributed by atoms with E-state index in [9.17, 15) is 13.2 Å². The van der Waals surface area contributed by atoms with Crippen LogP contribution in [0.1, 0.15) is 36.0 Å². The van der Waals surface area contributed by atoms with Crippen LogP contribution in [0.2, 0.25) is 0 Å². The van der Waals surface area contributed by atoms with Crippen molar-refractivity contribution in [2.45, 2.75) is 30.6 Å². The molecule has 0 aromatic heterocycles. The number of carbonyl (C=O) groups is 1. The molecule has 2 aliphatic rings. The van der Waals surface area contributed by atoms with E-state index in [1.165, 1.54) is 59.7 Å². The summed E-state index contributed by atoms with van der Waals surface area (Å²) in [5, 5.41) is 0. The van der Waals surface area contributed by atoms with Gasteiger partial charge in [0.25, 0.3) is 0 Å². The first-order valence-corrected chi connectivity index (χ1v) is 8.84. The minimum atomic E-state index is -3.48. The van der Waals surface area contributed by atoms with Gasteiger partial charge in [0.2, 0.25) is 10.0 Å². The highest BCUT2D eigenvalue weighted by molar-refractivity contribution is 7.89. The van der Waals surface area contributed by atoms with Gasteiger partial charge in [0, 0.05) is 13.1 Å². The number of nitrogens with zero attached hydrogens (tertiary/aromatic N) is 1. The zero-order valence-corrected chi connectivity index (χ0v) is 13.4. The zero-order valence-electron chi connectivity index (χ0n) is 12.5. The van der Waals surface area contributed by atoms with Crippen LogP contribution < -0.4 is 0 Å². The minimum Gasteiger partial charge on any atom is -0.465 e. The molecule has 0 spiro atoms.